The summed E-state index contributed by atoms with van der Waals surface area (Å²) in [6.07, 6.45) is 6.71. The largest absolute Gasteiger partial charge is 0.391 e. The molecule has 1 aliphatic heterocycles. The van der Waals surface area contributed by atoms with Crippen LogP contribution >= 0.6 is 0 Å². The summed E-state index contributed by atoms with van der Waals surface area (Å²) in [6.45, 7) is 6.24. The van der Waals surface area contributed by atoms with Gasteiger partial charge in [-0.05, 0) is 44.7 Å². The Balaban J connectivity index is 1.94. The van der Waals surface area contributed by atoms with E-state index >= 15 is 0 Å². The highest BCUT2D eigenvalue weighted by Crippen LogP contribution is 2.18. The standard InChI is InChI=1S/C19H25N3O/c1-3-15(2)23-21-19(22-11-7-4-8-12-22)17-13-16-9-5-6-10-18(16)20-14-17/h5-6,9-10,13-15H,3-4,7-8,11-12H2,1-2H3. The summed E-state index contributed by atoms with van der Waals surface area (Å²) in [6, 6.07) is 10.3. The smallest absolute Gasteiger partial charge is 0.177 e. The van der Waals surface area contributed by atoms with Crippen LogP contribution in [0.3, 0.4) is 0 Å². The minimum Gasteiger partial charge on any atom is -0.391 e. The van der Waals surface area contributed by atoms with Crippen LogP contribution in [0.4, 0.5) is 0 Å². The van der Waals surface area contributed by atoms with Gasteiger partial charge in [0.25, 0.3) is 0 Å². The lowest BCUT2D eigenvalue weighted by atomic mass is 10.1. The van der Waals surface area contributed by atoms with E-state index in [9.17, 15) is 0 Å². The Kier molecular flexibility index (Phi) is 5.11. The summed E-state index contributed by atoms with van der Waals surface area (Å²) in [4.78, 5) is 12.6. The summed E-state index contributed by atoms with van der Waals surface area (Å²) in [5, 5.41) is 5.64. The number of hydrogen-bond donors (Lipinski definition) is 0. The van der Waals surface area contributed by atoms with Gasteiger partial charge >= 0.3 is 0 Å². The number of aromatic nitrogens is 1. The molecule has 2 aromatic rings. The van der Waals surface area contributed by atoms with Crippen molar-refractivity contribution in [1.82, 2.24) is 9.88 Å². The van der Waals surface area contributed by atoms with E-state index in [1.165, 1.54) is 19.3 Å². The molecule has 1 atom stereocenters. The van der Waals surface area contributed by atoms with Crippen molar-refractivity contribution in [1.29, 1.82) is 0 Å². The van der Waals surface area contributed by atoms with Gasteiger partial charge in [-0.2, -0.15) is 0 Å². The van der Waals surface area contributed by atoms with Crippen LogP contribution in [0.1, 0.15) is 45.1 Å². The maximum atomic E-state index is 5.69. The van der Waals surface area contributed by atoms with Crippen molar-refractivity contribution in [2.45, 2.75) is 45.6 Å². The summed E-state index contributed by atoms with van der Waals surface area (Å²) in [5.41, 5.74) is 2.05. The molecular weight excluding hydrogens is 286 g/mol. The van der Waals surface area contributed by atoms with Crippen LogP contribution in [0.25, 0.3) is 10.9 Å². The molecule has 1 aromatic carbocycles. The zero-order chi connectivity index (χ0) is 16.1. The number of likely N-dealkylation sites (tertiary alicyclic amines) is 1. The van der Waals surface area contributed by atoms with Gasteiger partial charge in [0, 0.05) is 30.2 Å². The molecule has 0 N–H and O–H groups in total. The van der Waals surface area contributed by atoms with E-state index < -0.39 is 0 Å². The highest BCUT2D eigenvalue weighted by Gasteiger charge is 2.18. The van der Waals surface area contributed by atoms with Crippen molar-refractivity contribution >= 4 is 16.7 Å². The van der Waals surface area contributed by atoms with Crippen LogP contribution in [-0.2, 0) is 4.84 Å². The quantitative estimate of drug-likeness (QED) is 0.482. The molecular formula is C19H25N3O. The van der Waals surface area contributed by atoms with Crippen LogP contribution in [0.2, 0.25) is 0 Å². The Hall–Kier alpha value is -2.10. The first-order chi connectivity index (χ1) is 11.3. The molecule has 0 amide bonds. The van der Waals surface area contributed by atoms with Crippen molar-refractivity contribution in [2.75, 3.05) is 13.1 Å². The molecule has 1 fully saturated rings. The first-order valence-corrected chi connectivity index (χ1v) is 8.62. The fourth-order valence-electron chi connectivity index (χ4n) is 2.81. The van der Waals surface area contributed by atoms with E-state index in [1.807, 2.05) is 24.4 Å². The summed E-state index contributed by atoms with van der Waals surface area (Å²) >= 11 is 0. The molecule has 1 unspecified atom stereocenters. The number of oxime groups is 1. The number of rotatable bonds is 4. The number of nitrogens with zero attached hydrogens (tertiary/aromatic N) is 3. The molecule has 4 nitrogen and oxygen atoms in total. The number of piperidine rings is 1. The predicted octanol–water partition coefficient (Wildman–Crippen LogP) is 4.20. The zero-order valence-electron chi connectivity index (χ0n) is 14.0. The molecule has 2 heterocycles. The molecule has 122 valence electrons. The fourth-order valence-corrected chi connectivity index (χ4v) is 2.81. The molecule has 1 aliphatic rings. The molecule has 0 bridgehead atoms. The molecule has 23 heavy (non-hydrogen) atoms. The first-order valence-electron chi connectivity index (χ1n) is 8.62. The number of pyridine rings is 1. The van der Waals surface area contributed by atoms with E-state index in [0.29, 0.717) is 0 Å². The van der Waals surface area contributed by atoms with E-state index in [2.05, 4.69) is 41.0 Å². The summed E-state index contributed by atoms with van der Waals surface area (Å²) in [5.74, 6) is 0.920. The second kappa shape index (κ2) is 7.44. The van der Waals surface area contributed by atoms with Gasteiger partial charge in [0.2, 0.25) is 0 Å². The summed E-state index contributed by atoms with van der Waals surface area (Å²) in [7, 11) is 0. The third-order valence-corrected chi connectivity index (χ3v) is 4.40. The average Bonchev–Trinajstić information content (AvgIpc) is 2.62. The third-order valence-electron chi connectivity index (χ3n) is 4.40. The van der Waals surface area contributed by atoms with Gasteiger partial charge in [-0.25, -0.2) is 0 Å². The molecule has 0 saturated carbocycles. The Labute approximate surface area is 138 Å². The van der Waals surface area contributed by atoms with Gasteiger partial charge in [0.1, 0.15) is 6.10 Å². The third kappa shape index (κ3) is 3.81. The van der Waals surface area contributed by atoms with Gasteiger partial charge in [-0.3, -0.25) is 4.98 Å². The number of hydrogen-bond acceptors (Lipinski definition) is 3. The lowest BCUT2D eigenvalue weighted by Gasteiger charge is -2.29. The van der Waals surface area contributed by atoms with Crippen molar-refractivity contribution in [3.8, 4) is 0 Å². The minimum atomic E-state index is 0.128. The second-order valence-corrected chi connectivity index (χ2v) is 6.20. The van der Waals surface area contributed by atoms with Crippen molar-refractivity contribution in [3.05, 3.63) is 42.1 Å². The molecule has 0 radical (unpaired) electrons. The van der Waals surface area contributed by atoms with Gasteiger partial charge in [-0.15, -0.1) is 0 Å². The number of fused-ring (bicyclic) bond motifs is 1. The lowest BCUT2D eigenvalue weighted by molar-refractivity contribution is 0.0664. The second-order valence-electron chi connectivity index (χ2n) is 6.20. The van der Waals surface area contributed by atoms with Crippen LogP contribution in [0.5, 0.6) is 0 Å². The van der Waals surface area contributed by atoms with Gasteiger partial charge in [-0.1, -0.05) is 30.3 Å². The normalized spacial score (nSPS) is 17.3. The van der Waals surface area contributed by atoms with Crippen LogP contribution in [-0.4, -0.2) is 34.9 Å². The van der Waals surface area contributed by atoms with Crippen LogP contribution < -0.4 is 0 Å². The Morgan fingerprint density at radius 2 is 2.04 bits per heavy atom. The SMILES string of the molecule is CCC(C)ON=C(c1cnc2ccccc2c1)N1CCCCC1. The Morgan fingerprint density at radius 3 is 2.83 bits per heavy atom. The van der Waals surface area contributed by atoms with E-state index in [0.717, 1.165) is 41.8 Å². The highest BCUT2D eigenvalue weighted by atomic mass is 16.6. The monoisotopic (exact) mass is 311 g/mol. The topological polar surface area (TPSA) is 37.7 Å². The van der Waals surface area contributed by atoms with Gasteiger partial charge < -0.3 is 9.74 Å². The van der Waals surface area contributed by atoms with Crippen molar-refractivity contribution in [2.24, 2.45) is 5.16 Å². The van der Waals surface area contributed by atoms with E-state index in [-0.39, 0.29) is 6.10 Å². The maximum Gasteiger partial charge on any atom is 0.177 e. The zero-order valence-corrected chi connectivity index (χ0v) is 14.0. The Bertz CT molecular complexity index is 677. The van der Waals surface area contributed by atoms with Gasteiger partial charge in [0.05, 0.1) is 5.52 Å². The highest BCUT2D eigenvalue weighted by molar-refractivity contribution is 6.00. The molecule has 0 aliphatic carbocycles. The minimum absolute atomic E-state index is 0.128. The van der Waals surface area contributed by atoms with Gasteiger partial charge in [0.15, 0.2) is 5.84 Å². The van der Waals surface area contributed by atoms with Crippen LogP contribution in [0.15, 0.2) is 41.7 Å². The molecule has 4 heteroatoms. The molecule has 1 saturated heterocycles. The maximum absolute atomic E-state index is 5.69. The van der Waals surface area contributed by atoms with Crippen molar-refractivity contribution < 1.29 is 4.84 Å². The number of amidine groups is 1. The van der Waals surface area contributed by atoms with Crippen molar-refractivity contribution in [3.63, 3.8) is 0 Å². The Morgan fingerprint density at radius 1 is 1.26 bits per heavy atom. The molecule has 3 rings (SSSR count). The molecule has 1 aromatic heterocycles. The fraction of sp³-hybridized carbons (Fsp3) is 0.474. The van der Waals surface area contributed by atoms with E-state index in [4.69, 9.17) is 4.84 Å². The summed E-state index contributed by atoms with van der Waals surface area (Å²) < 4.78 is 0. The number of benzene rings is 1. The van der Waals surface area contributed by atoms with Crippen LogP contribution in [0, 0.1) is 0 Å². The average molecular weight is 311 g/mol. The molecule has 0 spiro atoms. The first kappa shape index (κ1) is 15.8. The predicted molar refractivity (Wildman–Crippen MR) is 94.5 cm³/mol. The van der Waals surface area contributed by atoms with E-state index in [1.54, 1.807) is 0 Å². The number of para-hydroxylation sites is 1. The lowest BCUT2D eigenvalue weighted by Crippen LogP contribution is -2.36.